The highest BCUT2D eigenvalue weighted by Crippen LogP contribution is 2.49. The van der Waals surface area contributed by atoms with Crippen molar-refractivity contribution in [3.05, 3.63) is 212 Å². The second-order valence-corrected chi connectivity index (χ2v) is 16.4. The summed E-state index contributed by atoms with van der Waals surface area (Å²) in [5, 5.41) is 5.18. The van der Waals surface area contributed by atoms with E-state index in [1.165, 1.54) is 98.0 Å². The SMILES string of the molecule is C1=CC2c3cc(-c4ccc5c(c4)c4ccccc4n5-c4cccc(-c5ccc6sc7ccccc7c6c5)c4)ccc3N(c3ccc(-c4ccccc4)cc3)C2C=C1. The second kappa shape index (κ2) is 12.8. The molecule has 8 aromatic carbocycles. The van der Waals surface area contributed by atoms with Crippen molar-refractivity contribution in [2.75, 3.05) is 4.90 Å². The lowest BCUT2D eigenvalue weighted by atomic mass is 9.89. The van der Waals surface area contributed by atoms with Gasteiger partial charge < -0.3 is 9.47 Å². The van der Waals surface area contributed by atoms with E-state index < -0.39 is 0 Å². The van der Waals surface area contributed by atoms with Crippen molar-refractivity contribution in [3.8, 4) is 39.1 Å². The third-order valence-corrected chi connectivity index (χ3v) is 13.3. The highest BCUT2D eigenvalue weighted by atomic mass is 32.1. The van der Waals surface area contributed by atoms with Gasteiger partial charge in [-0.1, -0.05) is 133 Å². The summed E-state index contributed by atoms with van der Waals surface area (Å²) in [7, 11) is 0. The molecule has 2 atom stereocenters. The van der Waals surface area contributed by atoms with Gasteiger partial charge in [-0.05, 0) is 112 Å². The Morgan fingerprint density at radius 2 is 1.02 bits per heavy atom. The first-order valence-electron chi connectivity index (χ1n) is 19.7. The van der Waals surface area contributed by atoms with E-state index in [2.05, 4.69) is 216 Å². The van der Waals surface area contributed by atoms with Gasteiger partial charge in [-0.15, -0.1) is 11.3 Å². The van der Waals surface area contributed by atoms with Gasteiger partial charge in [0.15, 0.2) is 0 Å². The summed E-state index contributed by atoms with van der Waals surface area (Å²) in [5.74, 6) is 0.288. The Bertz CT molecular complexity index is 3250. The highest BCUT2D eigenvalue weighted by molar-refractivity contribution is 7.25. The lowest BCUT2D eigenvalue weighted by molar-refractivity contribution is 0.745. The minimum atomic E-state index is 0.241. The molecule has 57 heavy (non-hydrogen) atoms. The number of rotatable bonds is 5. The van der Waals surface area contributed by atoms with Crippen molar-refractivity contribution in [1.82, 2.24) is 4.57 Å². The first-order chi connectivity index (χ1) is 28.2. The molecule has 0 bridgehead atoms. The zero-order chi connectivity index (χ0) is 37.5. The molecule has 10 aromatic rings. The van der Waals surface area contributed by atoms with E-state index in [4.69, 9.17) is 0 Å². The molecule has 0 fully saturated rings. The van der Waals surface area contributed by atoms with Gasteiger partial charge in [-0.2, -0.15) is 0 Å². The number of anilines is 2. The summed E-state index contributed by atoms with van der Waals surface area (Å²) in [6, 6.07) is 67.6. The van der Waals surface area contributed by atoms with Crippen molar-refractivity contribution in [3.63, 3.8) is 0 Å². The molecule has 1 aliphatic carbocycles. The number of allylic oxidation sites excluding steroid dienone is 2. The van der Waals surface area contributed by atoms with Crippen molar-refractivity contribution in [1.29, 1.82) is 0 Å². The number of hydrogen-bond acceptors (Lipinski definition) is 2. The molecule has 2 nitrogen and oxygen atoms in total. The zero-order valence-corrected chi connectivity index (χ0v) is 31.9. The van der Waals surface area contributed by atoms with Gasteiger partial charge in [0.2, 0.25) is 0 Å². The topological polar surface area (TPSA) is 8.17 Å². The minimum Gasteiger partial charge on any atom is -0.333 e. The van der Waals surface area contributed by atoms with Gasteiger partial charge in [-0.25, -0.2) is 0 Å². The normalized spacial score (nSPS) is 15.9. The molecule has 2 unspecified atom stereocenters. The number of benzene rings is 8. The number of nitrogens with zero attached hydrogens (tertiary/aromatic N) is 2. The zero-order valence-electron chi connectivity index (χ0n) is 31.1. The Hall–Kier alpha value is -6.94. The summed E-state index contributed by atoms with van der Waals surface area (Å²) in [6.07, 6.45) is 9.13. The van der Waals surface area contributed by atoms with Crippen LogP contribution in [0.15, 0.2) is 206 Å². The summed E-state index contributed by atoms with van der Waals surface area (Å²) in [4.78, 5) is 2.52. The summed E-state index contributed by atoms with van der Waals surface area (Å²) in [5.41, 5.74) is 14.9. The maximum atomic E-state index is 2.52. The molecule has 0 spiro atoms. The molecule has 2 aromatic heterocycles. The quantitative estimate of drug-likeness (QED) is 0.170. The van der Waals surface area contributed by atoms with Crippen molar-refractivity contribution in [2.24, 2.45) is 0 Å². The first kappa shape index (κ1) is 32.3. The van der Waals surface area contributed by atoms with Crippen molar-refractivity contribution in [2.45, 2.75) is 12.0 Å². The Kier molecular flexibility index (Phi) is 7.26. The largest absolute Gasteiger partial charge is 0.333 e. The van der Waals surface area contributed by atoms with Gasteiger partial charge in [0.05, 0.1) is 17.1 Å². The summed E-state index contributed by atoms with van der Waals surface area (Å²) < 4.78 is 5.10. The molecule has 0 saturated heterocycles. The highest BCUT2D eigenvalue weighted by Gasteiger charge is 2.37. The number of para-hydroxylation sites is 1. The number of hydrogen-bond donors (Lipinski definition) is 0. The summed E-state index contributed by atoms with van der Waals surface area (Å²) >= 11 is 1.87. The van der Waals surface area contributed by atoms with Crippen molar-refractivity contribution < 1.29 is 0 Å². The fourth-order valence-electron chi connectivity index (χ4n) is 9.43. The van der Waals surface area contributed by atoms with E-state index in [9.17, 15) is 0 Å². The molecular weight excluding hydrogens is 709 g/mol. The fourth-order valence-corrected chi connectivity index (χ4v) is 10.5. The van der Waals surface area contributed by atoms with Crippen LogP contribution in [0, 0.1) is 0 Å². The standard InChI is InChI=1S/C54H36N2S/c1-2-11-35(12-3-1)36-21-26-41(27-22-36)55-49-18-7-4-15-43(49)46-32-38(23-28-51(46)55)39-24-29-52-47(33-39)44-16-5-8-19-50(44)56(52)42-14-10-13-37(31-42)40-25-30-54-48(34-40)45-17-6-9-20-53(45)57-54/h1-34,43,49H. The van der Waals surface area contributed by atoms with E-state index in [0.29, 0.717) is 0 Å². The Balaban J connectivity index is 0.931. The maximum absolute atomic E-state index is 2.52. The Morgan fingerprint density at radius 3 is 1.91 bits per heavy atom. The van der Waals surface area contributed by atoms with Crippen LogP contribution in [0.5, 0.6) is 0 Å². The monoisotopic (exact) mass is 744 g/mol. The molecule has 0 radical (unpaired) electrons. The predicted octanol–water partition coefficient (Wildman–Crippen LogP) is 14.9. The van der Waals surface area contributed by atoms with E-state index >= 15 is 0 Å². The van der Waals surface area contributed by atoms with Gasteiger partial charge in [0, 0.05) is 53.9 Å². The predicted molar refractivity (Wildman–Crippen MR) is 243 cm³/mol. The van der Waals surface area contributed by atoms with Crippen LogP contribution in [0.3, 0.4) is 0 Å². The first-order valence-corrected chi connectivity index (χ1v) is 20.6. The number of fused-ring (bicyclic) bond motifs is 9. The van der Waals surface area contributed by atoms with E-state index in [0.717, 1.165) is 0 Å². The van der Waals surface area contributed by atoms with Crippen LogP contribution in [-0.2, 0) is 0 Å². The van der Waals surface area contributed by atoms with E-state index in [-0.39, 0.29) is 12.0 Å². The summed E-state index contributed by atoms with van der Waals surface area (Å²) in [6.45, 7) is 0. The second-order valence-electron chi connectivity index (χ2n) is 15.3. The number of aromatic nitrogens is 1. The average molecular weight is 745 g/mol. The van der Waals surface area contributed by atoms with Gasteiger partial charge in [0.1, 0.15) is 0 Å². The van der Waals surface area contributed by atoms with Crippen LogP contribution in [-0.4, -0.2) is 10.6 Å². The van der Waals surface area contributed by atoms with Gasteiger partial charge >= 0.3 is 0 Å². The van der Waals surface area contributed by atoms with Crippen LogP contribution in [0.25, 0.3) is 81.0 Å². The molecule has 12 rings (SSSR count). The van der Waals surface area contributed by atoms with Crippen LogP contribution in [0.4, 0.5) is 11.4 Å². The molecular formula is C54H36N2S. The van der Waals surface area contributed by atoms with Gasteiger partial charge in [-0.3, -0.25) is 0 Å². The third-order valence-electron chi connectivity index (χ3n) is 12.1. The Labute approximate surface area is 335 Å². The fraction of sp³-hybridized carbons (Fsp3) is 0.0370. The molecule has 0 N–H and O–H groups in total. The maximum Gasteiger partial charge on any atom is 0.0629 e. The van der Waals surface area contributed by atoms with Gasteiger partial charge in [0.25, 0.3) is 0 Å². The Morgan fingerprint density at radius 1 is 0.386 bits per heavy atom. The average Bonchev–Trinajstić information content (AvgIpc) is 3.94. The van der Waals surface area contributed by atoms with Crippen LogP contribution in [0.1, 0.15) is 11.5 Å². The molecule has 2 aliphatic rings. The minimum absolute atomic E-state index is 0.241. The van der Waals surface area contributed by atoms with E-state index in [1.807, 2.05) is 11.3 Å². The smallest absolute Gasteiger partial charge is 0.0629 e. The molecule has 0 saturated carbocycles. The van der Waals surface area contributed by atoms with E-state index in [1.54, 1.807) is 0 Å². The molecule has 268 valence electrons. The number of thiophene rings is 1. The van der Waals surface area contributed by atoms with Crippen molar-refractivity contribution >= 4 is 64.7 Å². The lowest BCUT2D eigenvalue weighted by Crippen LogP contribution is -2.28. The molecule has 0 amide bonds. The molecule has 3 heteroatoms. The van der Waals surface area contributed by atoms with Crippen LogP contribution < -0.4 is 4.90 Å². The van der Waals surface area contributed by atoms with Crippen LogP contribution in [0.2, 0.25) is 0 Å². The van der Waals surface area contributed by atoms with Crippen LogP contribution >= 0.6 is 11.3 Å². The molecule has 1 aliphatic heterocycles. The lowest BCUT2D eigenvalue weighted by Gasteiger charge is -2.28. The molecule has 3 heterocycles. The third kappa shape index (κ3) is 5.16.